The number of hydrogen-bond donors (Lipinski definition) is 0. The third-order valence-electron chi connectivity index (χ3n) is 5.11. The van der Waals surface area contributed by atoms with Crippen molar-refractivity contribution in [2.75, 3.05) is 39.4 Å². The molecule has 2 atom stereocenters. The fourth-order valence-corrected chi connectivity index (χ4v) is 4.79. The minimum absolute atomic E-state index is 0.0803. The number of carbonyl (C=O) groups is 1. The van der Waals surface area contributed by atoms with E-state index in [4.69, 9.17) is 9.47 Å². The normalized spacial score (nSPS) is 22.7. The summed E-state index contributed by atoms with van der Waals surface area (Å²) in [6, 6.07) is 6.84. The molecular formula is C19H28N2O5S. The Hall–Kier alpha value is -1.48. The lowest BCUT2D eigenvalue weighted by atomic mass is 10.2. The van der Waals surface area contributed by atoms with E-state index in [2.05, 4.69) is 0 Å². The zero-order valence-corrected chi connectivity index (χ0v) is 16.8. The molecule has 7 nitrogen and oxygen atoms in total. The summed E-state index contributed by atoms with van der Waals surface area (Å²) in [6.45, 7) is 6.17. The average Bonchev–Trinajstić information content (AvgIpc) is 3.19. The maximum atomic E-state index is 12.7. The van der Waals surface area contributed by atoms with E-state index < -0.39 is 16.1 Å². The number of piperazine rings is 1. The first-order valence-electron chi connectivity index (χ1n) is 9.47. The first kappa shape index (κ1) is 20.3. The van der Waals surface area contributed by atoms with Gasteiger partial charge in [-0.05, 0) is 38.8 Å². The van der Waals surface area contributed by atoms with Crippen molar-refractivity contribution in [3.05, 3.63) is 29.8 Å². The number of hydrogen-bond acceptors (Lipinski definition) is 5. The molecule has 0 aliphatic carbocycles. The van der Waals surface area contributed by atoms with Gasteiger partial charge in [-0.3, -0.25) is 4.79 Å². The standard InChI is InChI=1S/C19H28N2O5S/c1-15-5-7-18(8-6-15)27(23,24)21-11-9-20(10-12-21)19(22)16(2)26-14-17-4-3-13-25-17/h5-8,16-17H,3-4,9-14H2,1-2H3. The molecule has 1 aromatic carbocycles. The van der Waals surface area contributed by atoms with E-state index in [9.17, 15) is 13.2 Å². The van der Waals surface area contributed by atoms with Crippen LogP contribution in [0.3, 0.4) is 0 Å². The van der Waals surface area contributed by atoms with Crippen LogP contribution in [0.5, 0.6) is 0 Å². The van der Waals surface area contributed by atoms with E-state index in [0.29, 0.717) is 37.7 Å². The SMILES string of the molecule is Cc1ccc(S(=O)(=O)N2CCN(C(=O)C(C)OCC3CCCO3)CC2)cc1. The number of aryl methyl sites for hydroxylation is 1. The predicted molar refractivity (Wildman–Crippen MR) is 101 cm³/mol. The van der Waals surface area contributed by atoms with Gasteiger partial charge in [-0.15, -0.1) is 0 Å². The van der Waals surface area contributed by atoms with Gasteiger partial charge in [0.05, 0.1) is 17.6 Å². The minimum atomic E-state index is -3.52. The van der Waals surface area contributed by atoms with E-state index in [-0.39, 0.29) is 12.0 Å². The number of rotatable bonds is 6. The van der Waals surface area contributed by atoms with E-state index in [1.165, 1.54) is 4.31 Å². The van der Waals surface area contributed by atoms with Gasteiger partial charge in [0.15, 0.2) is 0 Å². The molecule has 8 heteroatoms. The Morgan fingerprint density at radius 3 is 2.48 bits per heavy atom. The highest BCUT2D eigenvalue weighted by molar-refractivity contribution is 7.89. The summed E-state index contributed by atoms with van der Waals surface area (Å²) in [7, 11) is -3.52. The summed E-state index contributed by atoms with van der Waals surface area (Å²) in [6.07, 6.45) is 1.54. The Labute approximate surface area is 161 Å². The highest BCUT2D eigenvalue weighted by Gasteiger charge is 2.32. The van der Waals surface area contributed by atoms with Crippen LogP contribution in [0.1, 0.15) is 25.3 Å². The van der Waals surface area contributed by atoms with Crippen molar-refractivity contribution in [1.82, 2.24) is 9.21 Å². The van der Waals surface area contributed by atoms with Gasteiger partial charge in [0.2, 0.25) is 10.0 Å². The molecule has 27 heavy (non-hydrogen) atoms. The average molecular weight is 397 g/mol. The van der Waals surface area contributed by atoms with E-state index >= 15 is 0 Å². The fourth-order valence-electron chi connectivity index (χ4n) is 3.36. The zero-order chi connectivity index (χ0) is 19.4. The van der Waals surface area contributed by atoms with Crippen molar-refractivity contribution in [3.8, 4) is 0 Å². The van der Waals surface area contributed by atoms with Crippen molar-refractivity contribution in [1.29, 1.82) is 0 Å². The molecule has 0 radical (unpaired) electrons. The fraction of sp³-hybridized carbons (Fsp3) is 0.632. The number of sulfonamides is 1. The van der Waals surface area contributed by atoms with Crippen LogP contribution in [0.15, 0.2) is 29.2 Å². The topological polar surface area (TPSA) is 76.2 Å². The summed E-state index contributed by atoms with van der Waals surface area (Å²) in [5, 5.41) is 0. The molecule has 0 saturated carbocycles. The maximum Gasteiger partial charge on any atom is 0.251 e. The third kappa shape index (κ3) is 4.87. The first-order chi connectivity index (χ1) is 12.9. The summed E-state index contributed by atoms with van der Waals surface area (Å²) < 4.78 is 38.1. The van der Waals surface area contributed by atoms with Crippen molar-refractivity contribution in [2.24, 2.45) is 0 Å². The van der Waals surface area contributed by atoms with Crippen LogP contribution in [0, 0.1) is 6.92 Å². The van der Waals surface area contributed by atoms with Gasteiger partial charge in [0.25, 0.3) is 5.91 Å². The molecule has 2 saturated heterocycles. The molecule has 0 N–H and O–H groups in total. The smallest absolute Gasteiger partial charge is 0.251 e. The van der Waals surface area contributed by atoms with Gasteiger partial charge < -0.3 is 14.4 Å². The van der Waals surface area contributed by atoms with E-state index in [0.717, 1.165) is 25.0 Å². The molecule has 1 amide bonds. The number of carbonyl (C=O) groups excluding carboxylic acids is 1. The number of ether oxygens (including phenoxy) is 2. The van der Waals surface area contributed by atoms with Gasteiger partial charge in [-0.25, -0.2) is 8.42 Å². The molecule has 3 rings (SSSR count). The van der Waals surface area contributed by atoms with Crippen molar-refractivity contribution in [2.45, 2.75) is 43.8 Å². The van der Waals surface area contributed by atoms with Gasteiger partial charge in [0, 0.05) is 32.8 Å². The molecule has 1 aromatic rings. The molecule has 0 spiro atoms. The zero-order valence-electron chi connectivity index (χ0n) is 16.0. The molecule has 2 unspecified atom stereocenters. The largest absolute Gasteiger partial charge is 0.376 e. The van der Waals surface area contributed by atoms with Crippen LogP contribution >= 0.6 is 0 Å². The molecule has 0 bridgehead atoms. The molecular weight excluding hydrogens is 368 g/mol. The predicted octanol–water partition coefficient (Wildman–Crippen LogP) is 1.41. The van der Waals surface area contributed by atoms with Crippen molar-refractivity contribution < 1.29 is 22.7 Å². The highest BCUT2D eigenvalue weighted by Crippen LogP contribution is 2.19. The number of benzene rings is 1. The van der Waals surface area contributed by atoms with Crippen LogP contribution in [-0.2, 0) is 24.3 Å². The molecule has 2 aliphatic rings. The summed E-state index contributed by atoms with van der Waals surface area (Å²) in [5.74, 6) is -0.0969. The van der Waals surface area contributed by atoms with Crippen LogP contribution in [0.2, 0.25) is 0 Å². The molecule has 0 aromatic heterocycles. The maximum absolute atomic E-state index is 12.7. The Morgan fingerprint density at radius 2 is 1.89 bits per heavy atom. The molecule has 2 aliphatic heterocycles. The van der Waals surface area contributed by atoms with E-state index in [1.807, 2.05) is 6.92 Å². The summed E-state index contributed by atoms with van der Waals surface area (Å²) >= 11 is 0. The quantitative estimate of drug-likeness (QED) is 0.727. The lowest BCUT2D eigenvalue weighted by molar-refractivity contribution is -0.145. The monoisotopic (exact) mass is 396 g/mol. The Bertz CT molecular complexity index is 736. The molecule has 150 valence electrons. The van der Waals surface area contributed by atoms with Crippen LogP contribution in [0.25, 0.3) is 0 Å². The van der Waals surface area contributed by atoms with Gasteiger partial charge in [0.1, 0.15) is 6.10 Å². The molecule has 2 fully saturated rings. The lowest BCUT2D eigenvalue weighted by Gasteiger charge is -2.35. The third-order valence-corrected chi connectivity index (χ3v) is 7.03. The Kier molecular flexibility index (Phi) is 6.52. The van der Waals surface area contributed by atoms with Gasteiger partial charge in [-0.2, -0.15) is 4.31 Å². The second kappa shape index (κ2) is 8.68. The van der Waals surface area contributed by atoms with Gasteiger partial charge >= 0.3 is 0 Å². The number of amides is 1. The van der Waals surface area contributed by atoms with Crippen LogP contribution in [0.4, 0.5) is 0 Å². The highest BCUT2D eigenvalue weighted by atomic mass is 32.2. The van der Waals surface area contributed by atoms with Crippen LogP contribution in [-0.4, -0.2) is 75.1 Å². The Morgan fingerprint density at radius 1 is 1.22 bits per heavy atom. The number of nitrogens with zero attached hydrogens (tertiary/aromatic N) is 2. The lowest BCUT2D eigenvalue weighted by Crippen LogP contribution is -2.52. The first-order valence-corrected chi connectivity index (χ1v) is 10.9. The van der Waals surface area contributed by atoms with E-state index in [1.54, 1.807) is 36.1 Å². The summed E-state index contributed by atoms with van der Waals surface area (Å²) in [5.41, 5.74) is 1.02. The summed E-state index contributed by atoms with van der Waals surface area (Å²) in [4.78, 5) is 14.5. The van der Waals surface area contributed by atoms with Crippen molar-refractivity contribution in [3.63, 3.8) is 0 Å². The second-order valence-corrected chi connectivity index (χ2v) is 9.09. The van der Waals surface area contributed by atoms with Gasteiger partial charge in [-0.1, -0.05) is 17.7 Å². The second-order valence-electron chi connectivity index (χ2n) is 7.15. The van der Waals surface area contributed by atoms with Crippen molar-refractivity contribution >= 4 is 15.9 Å². The van der Waals surface area contributed by atoms with Crippen LogP contribution < -0.4 is 0 Å². The Balaban J connectivity index is 1.51. The molecule has 2 heterocycles. The minimum Gasteiger partial charge on any atom is -0.376 e.